The first-order chi connectivity index (χ1) is 8.88. The zero-order chi connectivity index (χ0) is 14.0. The number of nitrogens with one attached hydrogen (secondary N) is 1. The highest BCUT2D eigenvalue weighted by atomic mass is 79.9. The van der Waals surface area contributed by atoms with Gasteiger partial charge in [0.25, 0.3) is 0 Å². The first-order valence-electron chi connectivity index (χ1n) is 6.29. The van der Waals surface area contributed by atoms with E-state index >= 15 is 0 Å². The molecule has 0 aliphatic carbocycles. The summed E-state index contributed by atoms with van der Waals surface area (Å²) in [5, 5.41) is 3.43. The molecule has 2 aromatic carbocycles. The lowest BCUT2D eigenvalue weighted by molar-refractivity contribution is 0.592. The van der Waals surface area contributed by atoms with Gasteiger partial charge < -0.3 is 11.1 Å². The first kappa shape index (κ1) is 13.9. The van der Waals surface area contributed by atoms with E-state index in [1.54, 1.807) is 0 Å². The molecule has 2 nitrogen and oxygen atoms in total. The Bertz CT molecular complexity index is 586. The fourth-order valence-electron chi connectivity index (χ4n) is 2.03. The Labute approximate surface area is 123 Å². The van der Waals surface area contributed by atoms with Gasteiger partial charge in [-0.2, -0.15) is 0 Å². The molecule has 0 heterocycles. The van der Waals surface area contributed by atoms with E-state index < -0.39 is 0 Å². The smallest absolute Gasteiger partial charge is 0.0629 e. The van der Waals surface area contributed by atoms with Gasteiger partial charge in [-0.05, 0) is 35.2 Å². The maximum atomic E-state index is 6.01. The van der Waals surface area contributed by atoms with Crippen LogP contribution in [-0.2, 0) is 5.41 Å². The molecule has 0 fully saturated rings. The van der Waals surface area contributed by atoms with Crippen molar-refractivity contribution in [3.05, 3.63) is 52.5 Å². The van der Waals surface area contributed by atoms with Gasteiger partial charge in [-0.15, -0.1) is 0 Å². The summed E-state index contributed by atoms with van der Waals surface area (Å²) in [7, 11) is 0. The van der Waals surface area contributed by atoms with Crippen molar-refractivity contribution in [1.29, 1.82) is 0 Å². The third-order valence-corrected chi connectivity index (χ3v) is 3.51. The lowest BCUT2D eigenvalue weighted by atomic mass is 9.86. The molecule has 0 unspecified atom stereocenters. The normalized spacial score (nSPS) is 11.4. The second kappa shape index (κ2) is 5.25. The van der Waals surface area contributed by atoms with Crippen molar-refractivity contribution in [2.45, 2.75) is 26.2 Å². The van der Waals surface area contributed by atoms with Crippen molar-refractivity contribution in [1.82, 2.24) is 0 Å². The summed E-state index contributed by atoms with van der Waals surface area (Å²) in [6, 6.07) is 14.2. The predicted molar refractivity (Wildman–Crippen MR) is 87.0 cm³/mol. The molecule has 0 radical (unpaired) electrons. The van der Waals surface area contributed by atoms with Crippen LogP contribution < -0.4 is 11.1 Å². The molecule has 0 amide bonds. The second-order valence-corrected chi connectivity index (χ2v) is 6.57. The number of para-hydroxylation sites is 1. The Morgan fingerprint density at radius 1 is 1.00 bits per heavy atom. The van der Waals surface area contributed by atoms with Crippen LogP contribution in [0, 0.1) is 0 Å². The summed E-state index contributed by atoms with van der Waals surface area (Å²) in [5.74, 6) is 0. The van der Waals surface area contributed by atoms with Gasteiger partial charge in [-0.25, -0.2) is 0 Å². The van der Waals surface area contributed by atoms with E-state index in [1.807, 2.05) is 24.3 Å². The molecule has 0 atom stereocenters. The topological polar surface area (TPSA) is 38.0 Å². The molecular formula is C16H19BrN2. The maximum absolute atomic E-state index is 6.01. The van der Waals surface area contributed by atoms with Crippen LogP contribution >= 0.6 is 15.9 Å². The molecule has 100 valence electrons. The Morgan fingerprint density at radius 2 is 1.68 bits per heavy atom. The molecule has 0 aromatic heterocycles. The summed E-state index contributed by atoms with van der Waals surface area (Å²) in [6.07, 6.45) is 0. The number of rotatable bonds is 2. The van der Waals surface area contributed by atoms with Crippen LogP contribution in [0.5, 0.6) is 0 Å². The van der Waals surface area contributed by atoms with Crippen molar-refractivity contribution in [3.8, 4) is 0 Å². The Balaban J connectivity index is 2.41. The van der Waals surface area contributed by atoms with E-state index in [2.05, 4.69) is 60.2 Å². The molecular weight excluding hydrogens is 300 g/mol. The van der Waals surface area contributed by atoms with Crippen molar-refractivity contribution >= 4 is 33.0 Å². The minimum Gasteiger partial charge on any atom is -0.397 e. The number of benzene rings is 2. The molecule has 3 N–H and O–H groups in total. The zero-order valence-electron chi connectivity index (χ0n) is 11.5. The SMILES string of the molecule is CC(C)(C)c1ccccc1Nc1cc(Br)ccc1N. The van der Waals surface area contributed by atoms with Gasteiger partial charge in [-0.1, -0.05) is 54.9 Å². The van der Waals surface area contributed by atoms with Gasteiger partial charge in [0.05, 0.1) is 11.4 Å². The van der Waals surface area contributed by atoms with Crippen LogP contribution in [0.25, 0.3) is 0 Å². The number of anilines is 3. The van der Waals surface area contributed by atoms with Gasteiger partial charge in [0.15, 0.2) is 0 Å². The lowest BCUT2D eigenvalue weighted by Gasteiger charge is -2.23. The maximum Gasteiger partial charge on any atom is 0.0629 e. The number of nitrogens with two attached hydrogens (primary N) is 1. The van der Waals surface area contributed by atoms with Crippen molar-refractivity contribution in [3.63, 3.8) is 0 Å². The highest BCUT2D eigenvalue weighted by Gasteiger charge is 2.17. The van der Waals surface area contributed by atoms with Crippen molar-refractivity contribution in [2.75, 3.05) is 11.1 Å². The van der Waals surface area contributed by atoms with Gasteiger partial charge in [0.1, 0.15) is 0 Å². The molecule has 0 spiro atoms. The standard InChI is InChI=1S/C16H19BrN2/c1-16(2,3)12-6-4-5-7-14(12)19-15-10-11(17)8-9-13(15)18/h4-10,19H,18H2,1-3H3. The number of hydrogen-bond acceptors (Lipinski definition) is 2. The average Bonchev–Trinajstić information content (AvgIpc) is 2.33. The summed E-state index contributed by atoms with van der Waals surface area (Å²) in [5.41, 5.74) is 10.1. The second-order valence-electron chi connectivity index (χ2n) is 5.65. The van der Waals surface area contributed by atoms with E-state index in [0.29, 0.717) is 0 Å². The Kier molecular flexibility index (Phi) is 3.85. The van der Waals surface area contributed by atoms with Gasteiger partial charge in [-0.3, -0.25) is 0 Å². The van der Waals surface area contributed by atoms with E-state index in [0.717, 1.165) is 21.5 Å². The highest BCUT2D eigenvalue weighted by molar-refractivity contribution is 9.10. The summed E-state index contributed by atoms with van der Waals surface area (Å²) >= 11 is 3.47. The highest BCUT2D eigenvalue weighted by Crippen LogP contribution is 2.33. The average molecular weight is 319 g/mol. The number of hydrogen-bond donors (Lipinski definition) is 2. The molecule has 0 aliphatic rings. The first-order valence-corrected chi connectivity index (χ1v) is 7.09. The number of nitrogen functional groups attached to an aromatic ring is 1. The van der Waals surface area contributed by atoms with E-state index in [9.17, 15) is 0 Å². The molecule has 0 saturated heterocycles. The molecule has 2 aromatic rings. The Hall–Kier alpha value is -1.48. The number of halogens is 1. The Morgan fingerprint density at radius 3 is 2.37 bits per heavy atom. The summed E-state index contributed by atoms with van der Waals surface area (Å²) in [6.45, 7) is 6.62. The quantitative estimate of drug-likeness (QED) is 0.758. The van der Waals surface area contributed by atoms with E-state index in [4.69, 9.17) is 5.73 Å². The molecule has 0 saturated carbocycles. The monoisotopic (exact) mass is 318 g/mol. The van der Waals surface area contributed by atoms with Crippen LogP contribution in [0.1, 0.15) is 26.3 Å². The van der Waals surface area contributed by atoms with Gasteiger partial charge in [0.2, 0.25) is 0 Å². The van der Waals surface area contributed by atoms with Crippen molar-refractivity contribution in [2.24, 2.45) is 0 Å². The molecule has 2 rings (SSSR count). The van der Waals surface area contributed by atoms with Crippen LogP contribution in [0.4, 0.5) is 17.1 Å². The van der Waals surface area contributed by atoms with Gasteiger partial charge in [0, 0.05) is 10.2 Å². The van der Waals surface area contributed by atoms with Crippen LogP contribution in [0.2, 0.25) is 0 Å². The summed E-state index contributed by atoms with van der Waals surface area (Å²) < 4.78 is 1.01. The van der Waals surface area contributed by atoms with E-state index in [-0.39, 0.29) is 5.41 Å². The zero-order valence-corrected chi connectivity index (χ0v) is 13.1. The van der Waals surface area contributed by atoms with E-state index in [1.165, 1.54) is 5.56 Å². The van der Waals surface area contributed by atoms with Gasteiger partial charge >= 0.3 is 0 Å². The molecule has 0 bridgehead atoms. The fraction of sp³-hybridized carbons (Fsp3) is 0.250. The largest absolute Gasteiger partial charge is 0.397 e. The third kappa shape index (κ3) is 3.29. The van der Waals surface area contributed by atoms with Crippen molar-refractivity contribution < 1.29 is 0 Å². The molecule has 3 heteroatoms. The predicted octanol–water partition coefficient (Wildman–Crippen LogP) is 5.07. The minimum absolute atomic E-state index is 0.0877. The van der Waals surface area contributed by atoms with Crippen LogP contribution in [-0.4, -0.2) is 0 Å². The lowest BCUT2D eigenvalue weighted by Crippen LogP contribution is -2.13. The van der Waals surface area contributed by atoms with Crippen LogP contribution in [0.3, 0.4) is 0 Å². The molecule has 19 heavy (non-hydrogen) atoms. The molecule has 0 aliphatic heterocycles. The summed E-state index contributed by atoms with van der Waals surface area (Å²) in [4.78, 5) is 0. The minimum atomic E-state index is 0.0877. The fourth-order valence-corrected chi connectivity index (χ4v) is 2.39. The third-order valence-electron chi connectivity index (χ3n) is 3.02. The van der Waals surface area contributed by atoms with Crippen LogP contribution in [0.15, 0.2) is 46.9 Å².